The van der Waals surface area contributed by atoms with Gasteiger partial charge in [0, 0.05) is 12.6 Å². The van der Waals surface area contributed by atoms with E-state index in [0.29, 0.717) is 6.04 Å². The first kappa shape index (κ1) is 10.3. The zero-order valence-corrected chi connectivity index (χ0v) is 9.06. The van der Waals surface area contributed by atoms with Crippen molar-refractivity contribution in [3.05, 3.63) is 6.20 Å². The van der Waals surface area contributed by atoms with E-state index in [2.05, 4.69) is 22.1 Å². The summed E-state index contributed by atoms with van der Waals surface area (Å²) in [5, 5.41) is 4.92. The lowest BCUT2D eigenvalue weighted by molar-refractivity contribution is 0.392. The predicted molar refractivity (Wildman–Crippen MR) is 58.2 cm³/mol. The third-order valence-electron chi connectivity index (χ3n) is 1.53. The van der Waals surface area contributed by atoms with Gasteiger partial charge in [0.15, 0.2) is 5.13 Å². The number of nitrogen functional groups attached to an aromatic ring is 1. The van der Waals surface area contributed by atoms with Crippen LogP contribution in [0.3, 0.4) is 0 Å². The molecule has 1 aromatic heterocycles. The summed E-state index contributed by atoms with van der Waals surface area (Å²) in [5.74, 6) is 0. The smallest absolute Gasteiger partial charge is 0.184 e. The molecule has 4 nitrogen and oxygen atoms in total. The van der Waals surface area contributed by atoms with Crippen molar-refractivity contribution in [1.82, 2.24) is 9.88 Å². The number of anilines is 2. The summed E-state index contributed by atoms with van der Waals surface area (Å²) >= 11 is 1.48. The van der Waals surface area contributed by atoms with Crippen molar-refractivity contribution in [2.75, 3.05) is 31.7 Å². The van der Waals surface area contributed by atoms with E-state index in [1.54, 1.807) is 6.20 Å². The van der Waals surface area contributed by atoms with Gasteiger partial charge in [0.1, 0.15) is 5.00 Å². The highest BCUT2D eigenvalue weighted by molar-refractivity contribution is 7.19. The molecule has 0 aromatic carbocycles. The van der Waals surface area contributed by atoms with E-state index in [4.69, 9.17) is 5.73 Å². The molecule has 3 N–H and O–H groups in total. The topological polar surface area (TPSA) is 54.2 Å². The van der Waals surface area contributed by atoms with Gasteiger partial charge in [-0.2, -0.15) is 0 Å². The Morgan fingerprint density at radius 1 is 1.69 bits per heavy atom. The van der Waals surface area contributed by atoms with Crippen LogP contribution in [0.15, 0.2) is 6.20 Å². The Bertz CT molecular complexity index is 258. The average molecular weight is 200 g/mol. The van der Waals surface area contributed by atoms with Crippen LogP contribution < -0.4 is 11.1 Å². The Morgan fingerprint density at radius 2 is 2.38 bits per heavy atom. The summed E-state index contributed by atoms with van der Waals surface area (Å²) in [6.45, 7) is 3.11. The fourth-order valence-electron chi connectivity index (χ4n) is 1.16. The summed E-state index contributed by atoms with van der Waals surface area (Å²) in [5.41, 5.74) is 5.56. The van der Waals surface area contributed by atoms with E-state index in [1.807, 2.05) is 14.1 Å². The average Bonchev–Trinajstić information content (AvgIpc) is 2.33. The lowest BCUT2D eigenvalue weighted by atomic mass is 10.3. The van der Waals surface area contributed by atoms with E-state index < -0.39 is 0 Å². The van der Waals surface area contributed by atoms with Gasteiger partial charge in [-0.05, 0) is 21.0 Å². The Morgan fingerprint density at radius 3 is 2.85 bits per heavy atom. The number of nitrogens with zero attached hydrogens (tertiary/aromatic N) is 2. The molecule has 0 radical (unpaired) electrons. The van der Waals surface area contributed by atoms with E-state index in [0.717, 1.165) is 16.7 Å². The van der Waals surface area contributed by atoms with E-state index >= 15 is 0 Å². The molecular weight excluding hydrogens is 184 g/mol. The molecule has 0 amide bonds. The van der Waals surface area contributed by atoms with Crippen LogP contribution in [-0.2, 0) is 0 Å². The Kier molecular flexibility index (Phi) is 3.50. The van der Waals surface area contributed by atoms with Gasteiger partial charge in [-0.3, -0.25) is 0 Å². The molecule has 1 heterocycles. The van der Waals surface area contributed by atoms with Crippen LogP contribution in [0.25, 0.3) is 0 Å². The van der Waals surface area contributed by atoms with E-state index in [9.17, 15) is 0 Å². The molecule has 1 aromatic rings. The van der Waals surface area contributed by atoms with Gasteiger partial charge in [0.2, 0.25) is 0 Å². The van der Waals surface area contributed by atoms with Crippen molar-refractivity contribution in [3.8, 4) is 0 Å². The number of hydrogen-bond donors (Lipinski definition) is 2. The molecular formula is C8H16N4S. The number of likely N-dealkylation sites (N-methyl/N-ethyl adjacent to an activating group) is 1. The Hall–Kier alpha value is -0.810. The number of nitrogens with two attached hydrogens (primary N) is 1. The highest BCUT2D eigenvalue weighted by atomic mass is 32.1. The van der Waals surface area contributed by atoms with E-state index in [-0.39, 0.29) is 0 Å². The molecule has 1 atom stereocenters. The van der Waals surface area contributed by atoms with Crippen LogP contribution in [0, 0.1) is 0 Å². The zero-order chi connectivity index (χ0) is 9.84. The highest BCUT2D eigenvalue weighted by Crippen LogP contribution is 2.20. The number of thiazole rings is 1. The lowest BCUT2D eigenvalue weighted by Gasteiger charge is -2.17. The van der Waals surface area contributed by atoms with Gasteiger partial charge in [-0.15, -0.1) is 0 Å². The Balaban J connectivity index is 2.40. The van der Waals surface area contributed by atoms with Crippen LogP contribution >= 0.6 is 11.3 Å². The number of hydrogen-bond acceptors (Lipinski definition) is 5. The molecule has 0 saturated heterocycles. The van der Waals surface area contributed by atoms with Crippen LogP contribution in [0.5, 0.6) is 0 Å². The van der Waals surface area contributed by atoms with E-state index in [1.165, 1.54) is 11.3 Å². The standard InChI is InChI=1S/C8H16N4S/c1-6(5-12(2)3)11-8-10-4-7(9)13-8/h4,6H,5,9H2,1-3H3,(H,10,11). The molecule has 1 unspecified atom stereocenters. The van der Waals surface area contributed by atoms with Gasteiger partial charge in [-0.25, -0.2) is 4.98 Å². The quantitative estimate of drug-likeness (QED) is 0.764. The highest BCUT2D eigenvalue weighted by Gasteiger charge is 2.05. The van der Waals surface area contributed by atoms with Gasteiger partial charge in [0.25, 0.3) is 0 Å². The van der Waals surface area contributed by atoms with Gasteiger partial charge >= 0.3 is 0 Å². The molecule has 74 valence electrons. The van der Waals surface area contributed by atoms with Crippen molar-refractivity contribution in [3.63, 3.8) is 0 Å². The summed E-state index contributed by atoms with van der Waals surface area (Å²) in [6, 6.07) is 0.389. The van der Waals surface area contributed by atoms with Crippen LogP contribution in [0.2, 0.25) is 0 Å². The van der Waals surface area contributed by atoms with Gasteiger partial charge < -0.3 is 16.0 Å². The van der Waals surface area contributed by atoms with Crippen molar-refractivity contribution in [2.45, 2.75) is 13.0 Å². The first-order chi connectivity index (χ1) is 6.08. The molecule has 0 spiro atoms. The molecule has 0 aliphatic rings. The summed E-state index contributed by atoms with van der Waals surface area (Å²) in [7, 11) is 4.10. The Labute approximate surface area is 82.8 Å². The zero-order valence-electron chi connectivity index (χ0n) is 8.24. The predicted octanol–water partition coefficient (Wildman–Crippen LogP) is 1.09. The fraction of sp³-hybridized carbons (Fsp3) is 0.625. The summed E-state index contributed by atoms with van der Waals surface area (Å²) in [6.07, 6.45) is 1.68. The molecule has 0 aliphatic heterocycles. The molecule has 1 rings (SSSR count). The van der Waals surface area contributed by atoms with Crippen LogP contribution in [0.4, 0.5) is 10.1 Å². The maximum atomic E-state index is 5.56. The molecule has 5 heteroatoms. The normalized spacial score (nSPS) is 13.2. The van der Waals surface area contributed by atoms with Gasteiger partial charge in [0.05, 0.1) is 6.20 Å². The number of nitrogens with one attached hydrogen (secondary N) is 1. The second-order valence-electron chi connectivity index (χ2n) is 3.38. The monoisotopic (exact) mass is 200 g/mol. The van der Waals surface area contributed by atoms with Crippen molar-refractivity contribution < 1.29 is 0 Å². The number of aromatic nitrogens is 1. The van der Waals surface area contributed by atoms with Crippen LogP contribution in [0.1, 0.15) is 6.92 Å². The van der Waals surface area contributed by atoms with Crippen molar-refractivity contribution in [2.24, 2.45) is 0 Å². The summed E-state index contributed by atoms with van der Waals surface area (Å²) in [4.78, 5) is 6.26. The van der Waals surface area contributed by atoms with Crippen molar-refractivity contribution in [1.29, 1.82) is 0 Å². The maximum Gasteiger partial charge on any atom is 0.184 e. The third-order valence-corrected chi connectivity index (χ3v) is 2.29. The summed E-state index contributed by atoms with van der Waals surface area (Å²) < 4.78 is 0. The molecule has 0 saturated carbocycles. The minimum Gasteiger partial charge on any atom is -0.389 e. The maximum absolute atomic E-state index is 5.56. The first-order valence-corrected chi connectivity index (χ1v) is 5.02. The molecule has 0 fully saturated rings. The molecule has 0 bridgehead atoms. The largest absolute Gasteiger partial charge is 0.389 e. The molecule has 13 heavy (non-hydrogen) atoms. The number of rotatable bonds is 4. The second-order valence-corrected chi connectivity index (χ2v) is 4.44. The SMILES string of the molecule is CC(CN(C)C)Nc1ncc(N)s1. The molecule has 0 aliphatic carbocycles. The van der Waals surface area contributed by atoms with Gasteiger partial charge in [-0.1, -0.05) is 11.3 Å². The minimum atomic E-state index is 0.389. The minimum absolute atomic E-state index is 0.389. The fourth-order valence-corrected chi connectivity index (χ4v) is 1.85. The third kappa shape index (κ3) is 3.61. The second kappa shape index (κ2) is 4.43. The first-order valence-electron chi connectivity index (χ1n) is 4.20. The lowest BCUT2D eigenvalue weighted by Crippen LogP contribution is -2.29. The van der Waals surface area contributed by atoms with Crippen LogP contribution in [-0.4, -0.2) is 36.6 Å². The van der Waals surface area contributed by atoms with Crippen molar-refractivity contribution >= 4 is 21.5 Å².